The topological polar surface area (TPSA) is 66.4 Å². The highest BCUT2D eigenvalue weighted by molar-refractivity contribution is 7.98. The fourth-order valence-electron chi connectivity index (χ4n) is 1.02. The van der Waals surface area contributed by atoms with E-state index in [4.69, 9.17) is 5.11 Å². The lowest BCUT2D eigenvalue weighted by molar-refractivity contribution is -0.135. The van der Waals surface area contributed by atoms with E-state index in [2.05, 4.69) is 5.32 Å². The van der Waals surface area contributed by atoms with Crippen molar-refractivity contribution in [2.24, 2.45) is 0 Å². The first-order valence-corrected chi connectivity index (χ1v) is 5.50. The molecule has 0 aromatic heterocycles. The van der Waals surface area contributed by atoms with Gasteiger partial charge in [-0.2, -0.15) is 0 Å². The number of hydrogen-bond donors (Lipinski definition) is 2. The summed E-state index contributed by atoms with van der Waals surface area (Å²) in [6.07, 6.45) is 1.91. The van der Waals surface area contributed by atoms with Crippen LogP contribution in [0.2, 0.25) is 0 Å². The lowest BCUT2D eigenvalue weighted by Crippen LogP contribution is -2.29. The normalized spacial score (nSPS) is 9.67. The zero-order chi connectivity index (χ0) is 11.3. The maximum absolute atomic E-state index is 11.4. The van der Waals surface area contributed by atoms with Crippen molar-refractivity contribution < 1.29 is 14.7 Å². The summed E-state index contributed by atoms with van der Waals surface area (Å²) in [7, 11) is 0. The van der Waals surface area contributed by atoms with Gasteiger partial charge >= 0.3 is 5.97 Å². The van der Waals surface area contributed by atoms with Gasteiger partial charge in [-0.1, -0.05) is 6.07 Å². The van der Waals surface area contributed by atoms with Gasteiger partial charge in [0, 0.05) is 10.5 Å². The standard InChI is InChI=1S/C10H11NO3S/c1-15-8-4-2-3-7(5-8)10(14)11-6-9(12)13/h2-5H,6H2,1H3,(H,11,14)(H,12,13). The molecular weight excluding hydrogens is 214 g/mol. The SMILES string of the molecule is CSc1cccc(C(=O)NCC(=O)O)c1. The molecular formula is C10H11NO3S. The van der Waals surface area contributed by atoms with Crippen LogP contribution < -0.4 is 5.32 Å². The maximum atomic E-state index is 11.4. The molecule has 0 saturated carbocycles. The van der Waals surface area contributed by atoms with Crippen LogP contribution in [-0.4, -0.2) is 29.8 Å². The Morgan fingerprint density at radius 2 is 2.20 bits per heavy atom. The highest BCUT2D eigenvalue weighted by Crippen LogP contribution is 2.15. The van der Waals surface area contributed by atoms with E-state index < -0.39 is 5.97 Å². The number of carbonyl (C=O) groups excluding carboxylic acids is 1. The van der Waals surface area contributed by atoms with Gasteiger partial charge in [0.05, 0.1) is 0 Å². The van der Waals surface area contributed by atoms with E-state index in [-0.39, 0.29) is 12.5 Å². The van der Waals surface area contributed by atoms with Crippen LogP contribution in [0.4, 0.5) is 0 Å². The minimum Gasteiger partial charge on any atom is -0.480 e. The number of nitrogens with one attached hydrogen (secondary N) is 1. The predicted octanol–water partition coefficient (Wildman–Crippen LogP) is 1.22. The minimum absolute atomic E-state index is 0.359. The minimum atomic E-state index is -1.05. The van der Waals surface area contributed by atoms with Crippen LogP contribution in [0.15, 0.2) is 29.2 Å². The fraction of sp³-hybridized carbons (Fsp3) is 0.200. The molecule has 1 aromatic carbocycles. The van der Waals surface area contributed by atoms with Crippen LogP contribution in [0.5, 0.6) is 0 Å². The van der Waals surface area contributed by atoms with Gasteiger partial charge in [0.1, 0.15) is 6.54 Å². The van der Waals surface area contributed by atoms with Crippen molar-refractivity contribution in [1.82, 2.24) is 5.32 Å². The number of aliphatic carboxylic acids is 1. The number of rotatable bonds is 4. The first-order chi connectivity index (χ1) is 7.13. The van der Waals surface area contributed by atoms with E-state index >= 15 is 0 Å². The molecule has 0 unspecified atom stereocenters. The number of carboxylic acids is 1. The highest BCUT2D eigenvalue weighted by atomic mass is 32.2. The molecule has 0 saturated heterocycles. The van der Waals surface area contributed by atoms with Gasteiger partial charge < -0.3 is 10.4 Å². The molecule has 0 radical (unpaired) electrons. The number of hydrogen-bond acceptors (Lipinski definition) is 3. The van der Waals surface area contributed by atoms with Gasteiger partial charge in [0.25, 0.3) is 5.91 Å². The number of carbonyl (C=O) groups is 2. The average Bonchev–Trinajstić information content (AvgIpc) is 2.26. The molecule has 1 amide bonds. The van der Waals surface area contributed by atoms with E-state index in [0.29, 0.717) is 5.56 Å². The molecule has 80 valence electrons. The summed E-state index contributed by atoms with van der Waals surface area (Å²) < 4.78 is 0. The molecule has 0 aliphatic heterocycles. The Hall–Kier alpha value is -1.49. The number of amides is 1. The molecule has 1 rings (SSSR count). The number of thioether (sulfide) groups is 1. The molecule has 0 bridgehead atoms. The molecule has 0 aliphatic carbocycles. The summed E-state index contributed by atoms with van der Waals surface area (Å²) in [5.74, 6) is -1.42. The van der Waals surface area contributed by atoms with Gasteiger partial charge in [0.2, 0.25) is 0 Å². The van der Waals surface area contributed by atoms with Crippen LogP contribution in [0.3, 0.4) is 0 Å². The summed E-state index contributed by atoms with van der Waals surface area (Å²) in [5, 5.41) is 10.7. The predicted molar refractivity (Wildman–Crippen MR) is 58.2 cm³/mol. The van der Waals surface area contributed by atoms with Gasteiger partial charge in [0.15, 0.2) is 0 Å². The highest BCUT2D eigenvalue weighted by Gasteiger charge is 2.06. The lowest BCUT2D eigenvalue weighted by Gasteiger charge is -2.03. The van der Waals surface area contributed by atoms with Crippen LogP contribution in [-0.2, 0) is 4.79 Å². The quantitative estimate of drug-likeness (QED) is 0.756. The molecule has 0 heterocycles. The van der Waals surface area contributed by atoms with Crippen LogP contribution in [0.1, 0.15) is 10.4 Å². The first kappa shape index (κ1) is 11.6. The number of carboxylic acid groups (broad SMARTS) is 1. The monoisotopic (exact) mass is 225 g/mol. The Bertz CT molecular complexity index is 379. The third-order valence-electron chi connectivity index (χ3n) is 1.73. The second kappa shape index (κ2) is 5.41. The zero-order valence-electron chi connectivity index (χ0n) is 8.19. The largest absolute Gasteiger partial charge is 0.480 e. The Labute approximate surface area is 91.7 Å². The fourth-order valence-corrected chi connectivity index (χ4v) is 1.48. The molecule has 4 nitrogen and oxygen atoms in total. The summed E-state index contributed by atoms with van der Waals surface area (Å²) >= 11 is 1.53. The smallest absolute Gasteiger partial charge is 0.322 e. The van der Waals surface area contributed by atoms with E-state index in [1.165, 1.54) is 11.8 Å². The zero-order valence-corrected chi connectivity index (χ0v) is 9.00. The van der Waals surface area contributed by atoms with Crippen molar-refractivity contribution in [1.29, 1.82) is 0 Å². The van der Waals surface area contributed by atoms with Crippen molar-refractivity contribution in [3.8, 4) is 0 Å². The molecule has 0 aliphatic rings. The van der Waals surface area contributed by atoms with E-state index in [9.17, 15) is 9.59 Å². The van der Waals surface area contributed by atoms with Gasteiger partial charge in [-0.05, 0) is 24.5 Å². The summed E-state index contributed by atoms with van der Waals surface area (Å²) in [5.41, 5.74) is 0.475. The van der Waals surface area contributed by atoms with Crippen molar-refractivity contribution in [3.63, 3.8) is 0 Å². The number of benzene rings is 1. The molecule has 0 fully saturated rings. The van der Waals surface area contributed by atoms with Crippen LogP contribution in [0, 0.1) is 0 Å². The van der Waals surface area contributed by atoms with E-state index in [0.717, 1.165) is 4.90 Å². The Kier molecular flexibility index (Phi) is 4.17. The third-order valence-corrected chi connectivity index (χ3v) is 2.46. The summed E-state index contributed by atoms with van der Waals surface area (Å²) in [6, 6.07) is 7.03. The molecule has 15 heavy (non-hydrogen) atoms. The average molecular weight is 225 g/mol. The molecule has 0 atom stereocenters. The Morgan fingerprint density at radius 1 is 1.47 bits per heavy atom. The molecule has 2 N–H and O–H groups in total. The molecule has 0 spiro atoms. The molecule has 5 heteroatoms. The first-order valence-electron chi connectivity index (χ1n) is 4.27. The van der Waals surface area contributed by atoms with Crippen molar-refractivity contribution in [2.45, 2.75) is 4.90 Å². The van der Waals surface area contributed by atoms with Gasteiger partial charge in [-0.3, -0.25) is 9.59 Å². The summed E-state index contributed by atoms with van der Waals surface area (Å²) in [4.78, 5) is 22.6. The van der Waals surface area contributed by atoms with Crippen LogP contribution >= 0.6 is 11.8 Å². The van der Waals surface area contributed by atoms with Crippen molar-refractivity contribution in [2.75, 3.05) is 12.8 Å². The maximum Gasteiger partial charge on any atom is 0.322 e. The third kappa shape index (κ3) is 3.63. The van der Waals surface area contributed by atoms with E-state index in [1.54, 1.807) is 18.2 Å². The summed E-state index contributed by atoms with van der Waals surface area (Å²) in [6.45, 7) is -0.359. The van der Waals surface area contributed by atoms with E-state index in [1.807, 2.05) is 12.3 Å². The lowest BCUT2D eigenvalue weighted by atomic mass is 10.2. The van der Waals surface area contributed by atoms with Crippen molar-refractivity contribution >= 4 is 23.6 Å². The molecule has 1 aromatic rings. The second-order valence-electron chi connectivity index (χ2n) is 2.81. The second-order valence-corrected chi connectivity index (χ2v) is 3.69. The van der Waals surface area contributed by atoms with Crippen LogP contribution in [0.25, 0.3) is 0 Å². The van der Waals surface area contributed by atoms with Crippen molar-refractivity contribution in [3.05, 3.63) is 29.8 Å². The van der Waals surface area contributed by atoms with Gasteiger partial charge in [-0.15, -0.1) is 11.8 Å². The Morgan fingerprint density at radius 3 is 2.80 bits per heavy atom. The Balaban J connectivity index is 2.69. The van der Waals surface area contributed by atoms with Gasteiger partial charge in [-0.25, -0.2) is 0 Å².